The summed E-state index contributed by atoms with van der Waals surface area (Å²) < 4.78 is 14.6. The number of rotatable bonds is 3. The number of para-hydroxylation sites is 2. The van der Waals surface area contributed by atoms with Crippen LogP contribution in [0.4, 0.5) is 15.8 Å². The van der Waals surface area contributed by atoms with Crippen molar-refractivity contribution >= 4 is 39.1 Å². The third-order valence-corrected chi connectivity index (χ3v) is 4.46. The quantitative estimate of drug-likeness (QED) is 0.889. The maximum absolute atomic E-state index is 13.8. The molecule has 1 saturated heterocycles. The second-order valence-corrected chi connectivity index (χ2v) is 6.18. The number of amides is 2. The Bertz CT molecular complexity index is 766. The summed E-state index contributed by atoms with van der Waals surface area (Å²) in [6.45, 7) is 0.177. The van der Waals surface area contributed by atoms with Crippen LogP contribution >= 0.6 is 15.9 Å². The molecular formula is C17H14BrFN2O2. The van der Waals surface area contributed by atoms with Gasteiger partial charge in [-0.05, 0) is 40.2 Å². The summed E-state index contributed by atoms with van der Waals surface area (Å²) in [5.41, 5.74) is 0.864. The predicted octanol–water partition coefficient (Wildman–Crippen LogP) is 3.58. The van der Waals surface area contributed by atoms with Gasteiger partial charge in [-0.25, -0.2) is 4.39 Å². The third kappa shape index (κ3) is 3.27. The lowest BCUT2D eigenvalue weighted by Gasteiger charge is -2.17. The molecule has 0 spiro atoms. The Morgan fingerprint density at radius 1 is 1.17 bits per heavy atom. The predicted molar refractivity (Wildman–Crippen MR) is 89.6 cm³/mol. The van der Waals surface area contributed by atoms with E-state index >= 15 is 0 Å². The number of hydrogen-bond donors (Lipinski definition) is 1. The average Bonchev–Trinajstić information content (AvgIpc) is 2.92. The van der Waals surface area contributed by atoms with E-state index in [1.165, 1.54) is 11.0 Å². The lowest BCUT2D eigenvalue weighted by molar-refractivity contribution is -0.122. The van der Waals surface area contributed by atoms with Crippen molar-refractivity contribution in [2.75, 3.05) is 16.8 Å². The standard InChI is InChI=1S/C17H14BrFN2O2/c18-12-5-1-3-7-14(12)20-17(23)11-9-16(22)21(10-11)15-8-4-2-6-13(15)19/h1-8,11H,9-10H2,(H,20,23). The van der Waals surface area contributed by atoms with Crippen molar-refractivity contribution in [3.05, 3.63) is 58.8 Å². The molecule has 1 heterocycles. The summed E-state index contributed by atoms with van der Waals surface area (Å²) in [6, 6.07) is 13.3. The van der Waals surface area contributed by atoms with Crippen molar-refractivity contribution in [2.45, 2.75) is 6.42 Å². The van der Waals surface area contributed by atoms with Crippen molar-refractivity contribution in [1.29, 1.82) is 0 Å². The van der Waals surface area contributed by atoms with E-state index in [0.29, 0.717) is 5.69 Å². The summed E-state index contributed by atoms with van der Waals surface area (Å²) in [5, 5.41) is 2.80. The summed E-state index contributed by atoms with van der Waals surface area (Å²) in [7, 11) is 0. The average molecular weight is 377 g/mol. The van der Waals surface area contributed by atoms with Crippen LogP contribution in [-0.4, -0.2) is 18.4 Å². The SMILES string of the molecule is O=C(Nc1ccccc1Br)C1CC(=O)N(c2ccccc2F)C1. The van der Waals surface area contributed by atoms with Crippen LogP contribution < -0.4 is 10.2 Å². The van der Waals surface area contributed by atoms with Gasteiger partial charge in [-0.3, -0.25) is 9.59 Å². The first-order chi connectivity index (χ1) is 11.1. The van der Waals surface area contributed by atoms with Gasteiger partial charge in [0.15, 0.2) is 0 Å². The molecule has 0 saturated carbocycles. The topological polar surface area (TPSA) is 49.4 Å². The van der Waals surface area contributed by atoms with Crippen molar-refractivity contribution < 1.29 is 14.0 Å². The molecule has 118 valence electrons. The fourth-order valence-corrected chi connectivity index (χ4v) is 2.97. The van der Waals surface area contributed by atoms with Gasteiger partial charge < -0.3 is 10.2 Å². The highest BCUT2D eigenvalue weighted by Crippen LogP contribution is 2.29. The zero-order valence-electron chi connectivity index (χ0n) is 12.1. The molecule has 1 atom stereocenters. The Kier molecular flexibility index (Phi) is 4.43. The molecule has 0 radical (unpaired) electrons. The number of hydrogen-bond acceptors (Lipinski definition) is 2. The van der Waals surface area contributed by atoms with Gasteiger partial charge in [-0.1, -0.05) is 24.3 Å². The zero-order chi connectivity index (χ0) is 16.4. The summed E-state index contributed by atoms with van der Waals surface area (Å²) in [6.07, 6.45) is 0.0740. The maximum Gasteiger partial charge on any atom is 0.229 e. The third-order valence-electron chi connectivity index (χ3n) is 3.77. The summed E-state index contributed by atoms with van der Waals surface area (Å²) >= 11 is 3.36. The monoisotopic (exact) mass is 376 g/mol. The van der Waals surface area contributed by atoms with Gasteiger partial charge in [-0.15, -0.1) is 0 Å². The first-order valence-electron chi connectivity index (χ1n) is 7.16. The molecule has 2 amide bonds. The molecule has 2 aromatic rings. The molecule has 1 fully saturated rings. The van der Waals surface area contributed by atoms with E-state index in [-0.39, 0.29) is 30.5 Å². The Balaban J connectivity index is 1.74. The van der Waals surface area contributed by atoms with Crippen molar-refractivity contribution in [1.82, 2.24) is 0 Å². The minimum Gasteiger partial charge on any atom is -0.325 e. The van der Waals surface area contributed by atoms with Crippen molar-refractivity contribution in [2.24, 2.45) is 5.92 Å². The van der Waals surface area contributed by atoms with Crippen LogP contribution in [0.15, 0.2) is 53.0 Å². The van der Waals surface area contributed by atoms with E-state index in [2.05, 4.69) is 21.2 Å². The minimum absolute atomic E-state index is 0.0740. The van der Waals surface area contributed by atoms with Crippen LogP contribution in [0.1, 0.15) is 6.42 Å². The van der Waals surface area contributed by atoms with E-state index in [1.54, 1.807) is 24.3 Å². The van der Waals surface area contributed by atoms with Gasteiger partial charge in [0, 0.05) is 17.4 Å². The van der Waals surface area contributed by atoms with Gasteiger partial charge in [0.2, 0.25) is 11.8 Å². The number of benzene rings is 2. The van der Waals surface area contributed by atoms with Crippen LogP contribution in [0.3, 0.4) is 0 Å². The van der Waals surface area contributed by atoms with Crippen LogP contribution in [0.25, 0.3) is 0 Å². The number of halogens is 2. The molecule has 0 aromatic heterocycles. The van der Waals surface area contributed by atoms with E-state index in [1.807, 2.05) is 18.2 Å². The molecule has 6 heteroatoms. The lowest BCUT2D eigenvalue weighted by Crippen LogP contribution is -2.28. The molecule has 1 aliphatic rings. The van der Waals surface area contributed by atoms with Crippen LogP contribution in [0.2, 0.25) is 0 Å². The van der Waals surface area contributed by atoms with Gasteiger partial charge in [0.25, 0.3) is 0 Å². The summed E-state index contributed by atoms with van der Waals surface area (Å²) in [5.74, 6) is -1.46. The number of nitrogens with zero attached hydrogens (tertiary/aromatic N) is 1. The number of anilines is 2. The fraction of sp³-hybridized carbons (Fsp3) is 0.176. The molecule has 3 rings (SSSR count). The second-order valence-electron chi connectivity index (χ2n) is 5.33. The van der Waals surface area contributed by atoms with E-state index < -0.39 is 11.7 Å². The van der Waals surface area contributed by atoms with Crippen LogP contribution in [0.5, 0.6) is 0 Å². The Morgan fingerprint density at radius 3 is 2.61 bits per heavy atom. The van der Waals surface area contributed by atoms with E-state index in [0.717, 1.165) is 4.47 Å². The molecule has 4 nitrogen and oxygen atoms in total. The largest absolute Gasteiger partial charge is 0.325 e. The van der Waals surface area contributed by atoms with E-state index in [9.17, 15) is 14.0 Å². The normalized spacial score (nSPS) is 17.4. The molecule has 1 N–H and O–H groups in total. The highest BCUT2D eigenvalue weighted by molar-refractivity contribution is 9.10. The van der Waals surface area contributed by atoms with Gasteiger partial charge in [0.1, 0.15) is 5.82 Å². The van der Waals surface area contributed by atoms with Gasteiger partial charge >= 0.3 is 0 Å². The minimum atomic E-state index is -0.505. The maximum atomic E-state index is 13.8. The molecular weight excluding hydrogens is 363 g/mol. The zero-order valence-corrected chi connectivity index (χ0v) is 13.7. The molecule has 23 heavy (non-hydrogen) atoms. The molecule has 1 aliphatic heterocycles. The van der Waals surface area contributed by atoms with Crippen molar-refractivity contribution in [3.63, 3.8) is 0 Å². The van der Waals surface area contributed by atoms with Crippen molar-refractivity contribution in [3.8, 4) is 0 Å². The number of carbonyl (C=O) groups is 2. The highest BCUT2D eigenvalue weighted by Gasteiger charge is 2.36. The first kappa shape index (κ1) is 15.7. The highest BCUT2D eigenvalue weighted by atomic mass is 79.9. The van der Waals surface area contributed by atoms with Crippen LogP contribution in [-0.2, 0) is 9.59 Å². The molecule has 0 bridgehead atoms. The van der Waals surface area contributed by atoms with E-state index in [4.69, 9.17) is 0 Å². The van der Waals surface area contributed by atoms with Gasteiger partial charge in [-0.2, -0.15) is 0 Å². The Labute approximate surface area is 141 Å². The molecule has 1 unspecified atom stereocenters. The fourth-order valence-electron chi connectivity index (χ4n) is 2.58. The second kappa shape index (κ2) is 6.50. The first-order valence-corrected chi connectivity index (χ1v) is 7.96. The molecule has 2 aromatic carbocycles. The Hall–Kier alpha value is -2.21. The Morgan fingerprint density at radius 2 is 1.87 bits per heavy atom. The number of carbonyl (C=O) groups excluding carboxylic acids is 2. The van der Waals surface area contributed by atoms with Crippen LogP contribution in [0, 0.1) is 11.7 Å². The number of nitrogens with one attached hydrogen (secondary N) is 1. The smallest absolute Gasteiger partial charge is 0.229 e. The molecule has 0 aliphatic carbocycles. The lowest BCUT2D eigenvalue weighted by atomic mass is 10.1. The van der Waals surface area contributed by atoms with Gasteiger partial charge in [0.05, 0.1) is 17.3 Å². The summed E-state index contributed by atoms with van der Waals surface area (Å²) in [4.78, 5) is 25.8.